The Morgan fingerprint density at radius 1 is 1.00 bits per heavy atom. The van der Waals surface area contributed by atoms with Gasteiger partial charge in [-0.05, 0) is 18.1 Å². The molecule has 0 amide bonds. The first-order valence-corrected chi connectivity index (χ1v) is 12.1. The molecule has 3 rings (SSSR count). The molecule has 0 radical (unpaired) electrons. The highest BCUT2D eigenvalue weighted by molar-refractivity contribution is 7.98. The molecule has 34 heavy (non-hydrogen) atoms. The van der Waals surface area contributed by atoms with Gasteiger partial charge in [0.15, 0.2) is 23.0 Å². The number of carbonyl (C=O) groups excluding carboxylic acids is 2. The standard InChI is InChI=1S/C27H29NO5S/c1-18(16-22(29)24-25(30)23(32-3)14-15-28-24)27(31)33-19(2)26(21-12-8-5-9-13-21)34-17-20-10-6-4-7-11-20/h4-15,18-19,26,30H,16-17H2,1-3H3/t18-,19+,26+/m1/s1. The highest BCUT2D eigenvalue weighted by Gasteiger charge is 2.28. The molecule has 0 unspecified atom stereocenters. The summed E-state index contributed by atoms with van der Waals surface area (Å²) in [7, 11) is 1.39. The summed E-state index contributed by atoms with van der Waals surface area (Å²) in [6.45, 7) is 3.51. The van der Waals surface area contributed by atoms with Gasteiger partial charge in [0, 0.05) is 24.4 Å². The second-order valence-electron chi connectivity index (χ2n) is 8.01. The number of ether oxygens (including phenoxy) is 2. The van der Waals surface area contributed by atoms with Crippen LogP contribution < -0.4 is 4.74 Å². The Bertz CT molecular complexity index is 1090. The number of nitrogens with zero attached hydrogens (tertiary/aromatic N) is 1. The van der Waals surface area contributed by atoms with Gasteiger partial charge in [0.25, 0.3) is 0 Å². The maximum absolute atomic E-state index is 12.8. The third-order valence-electron chi connectivity index (χ3n) is 5.39. The number of benzene rings is 2. The van der Waals surface area contributed by atoms with Gasteiger partial charge in [-0.1, -0.05) is 67.6 Å². The molecule has 0 saturated carbocycles. The van der Waals surface area contributed by atoms with Crippen LogP contribution in [0.25, 0.3) is 0 Å². The molecule has 6 nitrogen and oxygen atoms in total. The molecule has 0 saturated heterocycles. The minimum Gasteiger partial charge on any atom is -0.503 e. The van der Waals surface area contributed by atoms with Crippen molar-refractivity contribution in [1.29, 1.82) is 0 Å². The van der Waals surface area contributed by atoms with Crippen molar-refractivity contribution in [2.75, 3.05) is 7.11 Å². The normalized spacial score (nSPS) is 13.5. The minimum atomic E-state index is -0.696. The van der Waals surface area contributed by atoms with Crippen molar-refractivity contribution >= 4 is 23.5 Å². The van der Waals surface area contributed by atoms with Crippen LogP contribution in [-0.2, 0) is 15.3 Å². The van der Waals surface area contributed by atoms with E-state index in [1.54, 1.807) is 18.7 Å². The fourth-order valence-corrected chi connectivity index (χ4v) is 4.77. The van der Waals surface area contributed by atoms with Crippen LogP contribution in [0.2, 0.25) is 0 Å². The van der Waals surface area contributed by atoms with Gasteiger partial charge in [-0.15, -0.1) is 11.8 Å². The highest BCUT2D eigenvalue weighted by Crippen LogP contribution is 2.36. The Morgan fingerprint density at radius 2 is 1.65 bits per heavy atom. The molecule has 0 fully saturated rings. The number of aromatic nitrogens is 1. The number of Topliss-reactive ketones (excluding diaryl/α,β-unsaturated/α-hetero) is 1. The molecule has 0 spiro atoms. The fourth-order valence-electron chi connectivity index (χ4n) is 3.53. The second kappa shape index (κ2) is 12.2. The predicted molar refractivity (Wildman–Crippen MR) is 133 cm³/mol. The zero-order valence-corrected chi connectivity index (χ0v) is 20.3. The summed E-state index contributed by atoms with van der Waals surface area (Å²) < 4.78 is 10.8. The maximum atomic E-state index is 12.8. The molecule has 1 N–H and O–H groups in total. The molecule has 0 bridgehead atoms. The molecule has 7 heteroatoms. The van der Waals surface area contributed by atoms with Crippen LogP contribution in [0.4, 0.5) is 0 Å². The third kappa shape index (κ3) is 6.60. The monoisotopic (exact) mass is 479 g/mol. The summed E-state index contributed by atoms with van der Waals surface area (Å²) in [6, 6.07) is 21.5. The predicted octanol–water partition coefficient (Wildman–Crippen LogP) is 5.61. The van der Waals surface area contributed by atoms with Crippen molar-refractivity contribution in [2.24, 2.45) is 5.92 Å². The van der Waals surface area contributed by atoms with E-state index in [2.05, 4.69) is 17.1 Å². The highest BCUT2D eigenvalue weighted by atomic mass is 32.2. The van der Waals surface area contributed by atoms with Crippen molar-refractivity contribution in [3.8, 4) is 11.5 Å². The van der Waals surface area contributed by atoms with Crippen LogP contribution in [0, 0.1) is 5.92 Å². The number of esters is 1. The van der Waals surface area contributed by atoms with Gasteiger partial charge in [0.1, 0.15) is 6.10 Å². The molecule has 1 aromatic heterocycles. The molecule has 1 heterocycles. The van der Waals surface area contributed by atoms with Crippen molar-refractivity contribution in [3.05, 3.63) is 89.7 Å². The van der Waals surface area contributed by atoms with E-state index < -0.39 is 23.8 Å². The van der Waals surface area contributed by atoms with E-state index in [0.717, 1.165) is 11.3 Å². The van der Waals surface area contributed by atoms with E-state index in [1.165, 1.54) is 24.9 Å². The average molecular weight is 480 g/mol. The van der Waals surface area contributed by atoms with Gasteiger partial charge >= 0.3 is 5.97 Å². The Labute approximate surface area is 204 Å². The van der Waals surface area contributed by atoms with Gasteiger partial charge in [-0.3, -0.25) is 9.59 Å². The first-order chi connectivity index (χ1) is 16.4. The fraction of sp³-hybridized carbons (Fsp3) is 0.296. The zero-order valence-electron chi connectivity index (χ0n) is 19.5. The summed E-state index contributed by atoms with van der Waals surface area (Å²) in [5, 5.41) is 10.1. The van der Waals surface area contributed by atoms with Crippen LogP contribution in [0.1, 0.15) is 47.1 Å². The van der Waals surface area contributed by atoms with Crippen LogP contribution in [0.5, 0.6) is 11.5 Å². The van der Waals surface area contributed by atoms with E-state index >= 15 is 0 Å². The van der Waals surface area contributed by atoms with Crippen molar-refractivity contribution in [2.45, 2.75) is 37.4 Å². The Hall–Kier alpha value is -3.32. The van der Waals surface area contributed by atoms with Gasteiger partial charge in [-0.25, -0.2) is 4.98 Å². The van der Waals surface area contributed by atoms with E-state index in [-0.39, 0.29) is 28.9 Å². The number of thioether (sulfide) groups is 1. The number of aromatic hydroxyl groups is 1. The summed E-state index contributed by atoms with van der Waals surface area (Å²) in [5.41, 5.74) is 2.14. The molecule has 2 aromatic carbocycles. The first-order valence-electron chi connectivity index (χ1n) is 11.1. The number of hydrogen-bond acceptors (Lipinski definition) is 7. The van der Waals surface area contributed by atoms with Crippen LogP contribution in [0.15, 0.2) is 72.9 Å². The lowest BCUT2D eigenvalue weighted by molar-refractivity contribution is -0.152. The number of rotatable bonds is 11. The molecular formula is C27H29NO5S. The van der Waals surface area contributed by atoms with E-state index in [9.17, 15) is 14.7 Å². The van der Waals surface area contributed by atoms with Crippen molar-refractivity contribution in [1.82, 2.24) is 4.98 Å². The van der Waals surface area contributed by atoms with E-state index in [0.29, 0.717) is 0 Å². The number of carbonyl (C=O) groups is 2. The lowest BCUT2D eigenvalue weighted by Crippen LogP contribution is -2.26. The molecule has 0 aliphatic carbocycles. The van der Waals surface area contributed by atoms with Gasteiger partial charge in [0.2, 0.25) is 0 Å². The maximum Gasteiger partial charge on any atom is 0.309 e. The summed E-state index contributed by atoms with van der Waals surface area (Å²) in [4.78, 5) is 29.5. The summed E-state index contributed by atoms with van der Waals surface area (Å²) in [5.74, 6) is -1.01. The lowest BCUT2D eigenvalue weighted by atomic mass is 10.0. The van der Waals surface area contributed by atoms with Gasteiger partial charge in [0.05, 0.1) is 18.3 Å². The number of ketones is 1. The molecular weight excluding hydrogens is 450 g/mol. The quantitative estimate of drug-likeness (QED) is 0.282. The number of hydrogen-bond donors (Lipinski definition) is 1. The van der Waals surface area contributed by atoms with Crippen LogP contribution in [0.3, 0.4) is 0 Å². The van der Waals surface area contributed by atoms with E-state index in [4.69, 9.17) is 9.47 Å². The first kappa shape index (κ1) is 25.3. The Balaban J connectivity index is 1.66. The van der Waals surface area contributed by atoms with Crippen molar-refractivity contribution < 1.29 is 24.2 Å². The van der Waals surface area contributed by atoms with E-state index in [1.807, 2.05) is 55.5 Å². The molecule has 0 aliphatic rings. The molecule has 3 aromatic rings. The van der Waals surface area contributed by atoms with Gasteiger partial charge < -0.3 is 14.6 Å². The summed E-state index contributed by atoms with van der Waals surface area (Å²) >= 11 is 1.71. The zero-order chi connectivity index (χ0) is 24.5. The molecule has 3 atom stereocenters. The topological polar surface area (TPSA) is 85.7 Å². The minimum absolute atomic E-state index is 0.0719. The second-order valence-corrected chi connectivity index (χ2v) is 9.14. The summed E-state index contributed by atoms with van der Waals surface area (Å²) in [6.07, 6.45) is 0.835. The van der Waals surface area contributed by atoms with Gasteiger partial charge in [-0.2, -0.15) is 0 Å². The number of pyridine rings is 1. The Kier molecular flexibility index (Phi) is 9.10. The molecule has 0 aliphatic heterocycles. The average Bonchev–Trinajstić information content (AvgIpc) is 2.85. The SMILES string of the molecule is COc1ccnc(C(=O)C[C@@H](C)C(=O)O[C@@H](C)[C@H](SCc2ccccc2)c2ccccc2)c1O. The van der Waals surface area contributed by atoms with Crippen LogP contribution >= 0.6 is 11.8 Å². The Morgan fingerprint density at radius 3 is 2.29 bits per heavy atom. The third-order valence-corrected chi connectivity index (χ3v) is 6.91. The lowest BCUT2D eigenvalue weighted by Gasteiger charge is -2.25. The van der Waals surface area contributed by atoms with Crippen LogP contribution in [-0.4, -0.2) is 35.1 Å². The largest absolute Gasteiger partial charge is 0.503 e. The number of methoxy groups -OCH3 is 1. The smallest absolute Gasteiger partial charge is 0.309 e. The molecule has 178 valence electrons. The van der Waals surface area contributed by atoms with Crippen molar-refractivity contribution in [3.63, 3.8) is 0 Å².